The van der Waals surface area contributed by atoms with Crippen molar-refractivity contribution < 1.29 is 22.8 Å². The van der Waals surface area contributed by atoms with E-state index in [4.69, 9.17) is 0 Å². The van der Waals surface area contributed by atoms with Gasteiger partial charge in [0, 0.05) is 19.0 Å². The predicted molar refractivity (Wildman–Crippen MR) is 148 cm³/mol. The van der Waals surface area contributed by atoms with Crippen molar-refractivity contribution in [2.45, 2.75) is 57.1 Å². The van der Waals surface area contributed by atoms with E-state index in [-0.39, 0.29) is 35.4 Å². The Morgan fingerprint density at radius 2 is 1.59 bits per heavy atom. The summed E-state index contributed by atoms with van der Waals surface area (Å²) < 4.78 is 27.0. The van der Waals surface area contributed by atoms with Gasteiger partial charge in [0.15, 0.2) is 0 Å². The van der Waals surface area contributed by atoms with Gasteiger partial charge in [-0.3, -0.25) is 14.4 Å². The average Bonchev–Trinajstić information content (AvgIpc) is 3.12. The highest BCUT2D eigenvalue weighted by Gasteiger charge is 2.43. The van der Waals surface area contributed by atoms with Crippen molar-refractivity contribution >= 4 is 27.7 Å². The fourth-order valence-corrected chi connectivity index (χ4v) is 6.09. The van der Waals surface area contributed by atoms with E-state index in [1.165, 1.54) is 23.1 Å². The van der Waals surface area contributed by atoms with Gasteiger partial charge in [0.05, 0.1) is 5.56 Å². The van der Waals surface area contributed by atoms with Crippen LogP contribution in [0.15, 0.2) is 83.8 Å². The fourth-order valence-electron chi connectivity index (χ4n) is 4.57. The van der Waals surface area contributed by atoms with Crippen molar-refractivity contribution in [3.63, 3.8) is 0 Å². The molecule has 9 heteroatoms. The molecule has 0 aliphatic carbocycles. The maximum absolute atomic E-state index is 14.0. The quantitative estimate of drug-likeness (QED) is 0.417. The van der Waals surface area contributed by atoms with E-state index in [1.54, 1.807) is 6.07 Å². The lowest BCUT2D eigenvalue weighted by Gasteiger charge is -2.33. The van der Waals surface area contributed by atoms with Gasteiger partial charge in [-0.2, -0.15) is 0 Å². The Labute approximate surface area is 229 Å². The minimum atomic E-state index is -4.20. The van der Waals surface area contributed by atoms with Crippen LogP contribution in [-0.2, 0) is 32.6 Å². The van der Waals surface area contributed by atoms with Crippen molar-refractivity contribution in [2.24, 2.45) is 0 Å². The van der Waals surface area contributed by atoms with Crippen molar-refractivity contribution in [2.75, 3.05) is 6.54 Å². The second kappa shape index (κ2) is 11.8. The van der Waals surface area contributed by atoms with Crippen LogP contribution in [0, 0.1) is 6.92 Å². The van der Waals surface area contributed by atoms with Gasteiger partial charge < -0.3 is 10.2 Å². The molecule has 1 aliphatic heterocycles. The molecule has 2 atom stereocenters. The van der Waals surface area contributed by atoms with Crippen molar-refractivity contribution in [3.05, 3.63) is 101 Å². The van der Waals surface area contributed by atoms with E-state index in [0.29, 0.717) is 10.7 Å². The number of sulfonamides is 1. The van der Waals surface area contributed by atoms with Crippen LogP contribution < -0.4 is 5.32 Å². The molecule has 0 saturated heterocycles. The number of benzene rings is 3. The largest absolute Gasteiger partial charge is 0.352 e. The third-order valence-electron chi connectivity index (χ3n) is 7.06. The number of hydrogen-bond acceptors (Lipinski definition) is 5. The summed E-state index contributed by atoms with van der Waals surface area (Å²) in [4.78, 5) is 42.0. The zero-order valence-electron chi connectivity index (χ0n) is 22.3. The fraction of sp³-hybridized carbons (Fsp3) is 0.300. The Bertz CT molecular complexity index is 1470. The Morgan fingerprint density at radius 3 is 2.26 bits per heavy atom. The molecule has 3 aromatic rings. The van der Waals surface area contributed by atoms with Gasteiger partial charge in [-0.25, -0.2) is 12.7 Å². The molecule has 0 radical (unpaired) electrons. The van der Waals surface area contributed by atoms with Crippen LogP contribution in [0.3, 0.4) is 0 Å². The first kappa shape index (κ1) is 28.0. The molecule has 1 N–H and O–H groups in total. The Hall–Kier alpha value is -3.98. The lowest BCUT2D eigenvalue weighted by atomic mass is 10.0. The number of hydrogen-bond donors (Lipinski definition) is 1. The topological polar surface area (TPSA) is 104 Å². The molecule has 0 spiro atoms. The van der Waals surface area contributed by atoms with Crippen LogP contribution >= 0.6 is 0 Å². The SMILES string of the molecule is CC[C@H](C)NC(=O)[C@H](Cc1ccccc1)N(Cc1ccccc1C)C(=O)CN1C(=O)c2ccccc2S1(=O)=O. The van der Waals surface area contributed by atoms with E-state index >= 15 is 0 Å². The maximum Gasteiger partial charge on any atom is 0.269 e. The highest BCUT2D eigenvalue weighted by molar-refractivity contribution is 7.90. The predicted octanol–water partition coefficient (Wildman–Crippen LogP) is 3.69. The summed E-state index contributed by atoms with van der Waals surface area (Å²) in [5.41, 5.74) is 2.63. The molecule has 0 unspecified atom stereocenters. The second-order valence-corrected chi connectivity index (χ2v) is 11.6. The molecule has 0 aromatic heterocycles. The Balaban J connectivity index is 1.73. The number of rotatable bonds is 10. The molecule has 1 aliphatic rings. The number of carbonyl (C=O) groups is 3. The van der Waals surface area contributed by atoms with Crippen LogP contribution in [-0.4, -0.2) is 54.0 Å². The number of carbonyl (C=O) groups excluding carboxylic acids is 3. The minimum Gasteiger partial charge on any atom is -0.352 e. The van der Waals surface area contributed by atoms with Crippen molar-refractivity contribution in [3.8, 4) is 0 Å². The van der Waals surface area contributed by atoms with Crippen LogP contribution in [0.25, 0.3) is 0 Å². The first-order chi connectivity index (χ1) is 18.6. The van der Waals surface area contributed by atoms with E-state index in [1.807, 2.05) is 75.4 Å². The highest BCUT2D eigenvalue weighted by atomic mass is 32.2. The van der Waals surface area contributed by atoms with E-state index in [9.17, 15) is 22.8 Å². The zero-order valence-corrected chi connectivity index (χ0v) is 23.1. The summed E-state index contributed by atoms with van der Waals surface area (Å²) in [6, 6.07) is 21.7. The molecule has 0 fully saturated rings. The second-order valence-electron chi connectivity index (χ2n) is 9.78. The van der Waals surface area contributed by atoms with Gasteiger partial charge in [-0.05, 0) is 49.1 Å². The molecular weight excluding hydrogens is 514 g/mol. The molecule has 4 rings (SSSR count). The van der Waals surface area contributed by atoms with Gasteiger partial charge in [-0.1, -0.05) is 73.7 Å². The van der Waals surface area contributed by atoms with Gasteiger partial charge in [-0.15, -0.1) is 0 Å². The third-order valence-corrected chi connectivity index (χ3v) is 8.85. The molecular formula is C30H33N3O5S. The van der Waals surface area contributed by atoms with E-state index < -0.39 is 34.4 Å². The lowest BCUT2D eigenvalue weighted by molar-refractivity contribution is -0.141. The Kier molecular flexibility index (Phi) is 8.50. The van der Waals surface area contributed by atoms with Gasteiger partial charge in [0.1, 0.15) is 17.5 Å². The maximum atomic E-state index is 14.0. The van der Waals surface area contributed by atoms with Crippen molar-refractivity contribution in [1.29, 1.82) is 0 Å². The molecule has 3 aromatic carbocycles. The minimum absolute atomic E-state index is 0.0334. The summed E-state index contributed by atoms with van der Waals surface area (Å²) in [5, 5.41) is 2.99. The number of nitrogens with zero attached hydrogens (tertiary/aromatic N) is 2. The first-order valence-electron chi connectivity index (χ1n) is 13.0. The molecule has 8 nitrogen and oxygen atoms in total. The summed E-state index contributed by atoms with van der Waals surface area (Å²) in [5.74, 6) is -1.73. The molecule has 204 valence electrons. The molecule has 0 bridgehead atoms. The first-order valence-corrected chi connectivity index (χ1v) is 14.4. The number of nitrogens with one attached hydrogen (secondary N) is 1. The molecule has 39 heavy (non-hydrogen) atoms. The van der Waals surface area contributed by atoms with E-state index in [2.05, 4.69) is 5.32 Å². The van der Waals surface area contributed by atoms with E-state index in [0.717, 1.165) is 16.7 Å². The average molecular weight is 548 g/mol. The number of aryl methyl sites for hydroxylation is 1. The zero-order chi connectivity index (χ0) is 28.2. The van der Waals surface area contributed by atoms with Crippen LogP contribution in [0.5, 0.6) is 0 Å². The number of fused-ring (bicyclic) bond motifs is 1. The molecule has 3 amide bonds. The normalized spacial score (nSPS) is 15.4. The third kappa shape index (κ3) is 6.04. The van der Waals surface area contributed by atoms with Crippen molar-refractivity contribution in [1.82, 2.24) is 14.5 Å². The summed E-state index contributed by atoms with van der Waals surface area (Å²) >= 11 is 0. The molecule has 1 heterocycles. The number of amides is 3. The summed E-state index contributed by atoms with van der Waals surface area (Å²) in [6.45, 7) is 5.12. The van der Waals surface area contributed by atoms with Gasteiger partial charge in [0.25, 0.3) is 15.9 Å². The summed E-state index contributed by atoms with van der Waals surface area (Å²) in [6.07, 6.45) is 0.927. The smallest absolute Gasteiger partial charge is 0.269 e. The monoisotopic (exact) mass is 547 g/mol. The van der Waals surface area contributed by atoms with Crippen LogP contribution in [0.4, 0.5) is 0 Å². The summed E-state index contributed by atoms with van der Waals surface area (Å²) in [7, 11) is -4.20. The van der Waals surface area contributed by atoms with Crippen LogP contribution in [0.2, 0.25) is 0 Å². The van der Waals surface area contributed by atoms with Gasteiger partial charge in [0.2, 0.25) is 11.8 Å². The highest BCUT2D eigenvalue weighted by Crippen LogP contribution is 2.30. The van der Waals surface area contributed by atoms with Gasteiger partial charge >= 0.3 is 0 Å². The standard InChI is InChI=1S/C30H33N3O5S/c1-4-22(3)31-29(35)26(18-23-13-6-5-7-14-23)32(19-24-15-9-8-12-21(24)2)28(34)20-33-30(36)25-16-10-11-17-27(25)39(33,37)38/h5-17,22,26H,4,18-20H2,1-3H3,(H,31,35)/t22-,26-/m0/s1. The van der Waals surface area contributed by atoms with Crippen LogP contribution in [0.1, 0.15) is 47.3 Å². The lowest BCUT2D eigenvalue weighted by Crippen LogP contribution is -2.54. The molecule has 0 saturated carbocycles. The Morgan fingerprint density at radius 1 is 0.949 bits per heavy atom.